The summed E-state index contributed by atoms with van der Waals surface area (Å²) in [6.45, 7) is 0.115. The van der Waals surface area contributed by atoms with Crippen molar-refractivity contribution in [3.8, 4) is 29.0 Å². The average Bonchev–Trinajstić information content (AvgIpc) is 3.27. The van der Waals surface area contributed by atoms with Gasteiger partial charge in [0.25, 0.3) is 0 Å². The van der Waals surface area contributed by atoms with Gasteiger partial charge in [-0.15, -0.1) is 5.10 Å². The average molecular weight is 438 g/mol. The Balaban J connectivity index is 1.49. The number of aromatic nitrogens is 2. The van der Waals surface area contributed by atoms with Gasteiger partial charge in [0.1, 0.15) is 29.8 Å². The van der Waals surface area contributed by atoms with Gasteiger partial charge < -0.3 is 15.2 Å². The zero-order chi connectivity index (χ0) is 22.8. The number of nitrogens with one attached hydrogen (secondary N) is 1. The highest BCUT2D eigenvalue weighted by atomic mass is 19.1. The zero-order valence-corrected chi connectivity index (χ0v) is 17.5. The molecule has 1 aliphatic heterocycles. The van der Waals surface area contributed by atoms with Crippen molar-refractivity contribution < 1.29 is 13.9 Å². The van der Waals surface area contributed by atoms with Crippen molar-refractivity contribution in [1.82, 2.24) is 10.2 Å². The van der Waals surface area contributed by atoms with Gasteiger partial charge in [-0.1, -0.05) is 60.7 Å². The van der Waals surface area contributed by atoms with E-state index < -0.39 is 5.92 Å². The molecule has 0 saturated heterocycles. The third-order valence-electron chi connectivity index (χ3n) is 5.57. The Hall–Kier alpha value is -4.57. The fourth-order valence-corrected chi connectivity index (χ4v) is 3.94. The van der Waals surface area contributed by atoms with Crippen LogP contribution in [0.3, 0.4) is 0 Å². The Bertz CT molecular complexity index is 1370. The maximum absolute atomic E-state index is 13.9. The summed E-state index contributed by atoms with van der Waals surface area (Å²) >= 11 is 0. The van der Waals surface area contributed by atoms with Crippen molar-refractivity contribution in [1.29, 1.82) is 5.26 Å². The number of hydrogen-bond donors (Lipinski definition) is 2. The molecule has 33 heavy (non-hydrogen) atoms. The highest BCUT2D eigenvalue weighted by Crippen LogP contribution is 2.45. The standard InChI is InChI=1S/C26H19FN4O2/c27-21-9-5-4-8-18(21)15-32-19-12-10-16(11-13-19)22-20(14-28)25(29)33-26-23(22)24(30-31-26)17-6-2-1-3-7-17/h1-13,22H,15,29H2,(H,30,31). The molecule has 2 heterocycles. The van der Waals surface area contributed by atoms with E-state index in [9.17, 15) is 9.65 Å². The molecule has 0 aliphatic carbocycles. The van der Waals surface area contributed by atoms with E-state index >= 15 is 0 Å². The first-order chi connectivity index (χ1) is 16.2. The number of ether oxygens (including phenoxy) is 2. The second-order valence-electron chi connectivity index (χ2n) is 7.56. The van der Waals surface area contributed by atoms with E-state index in [1.165, 1.54) is 6.07 Å². The van der Waals surface area contributed by atoms with Crippen molar-refractivity contribution in [2.24, 2.45) is 5.73 Å². The molecule has 0 fully saturated rings. The van der Waals surface area contributed by atoms with E-state index in [1.807, 2.05) is 42.5 Å². The van der Waals surface area contributed by atoms with Gasteiger partial charge in [-0.25, -0.2) is 4.39 Å². The highest BCUT2D eigenvalue weighted by molar-refractivity contribution is 5.70. The van der Waals surface area contributed by atoms with Gasteiger partial charge in [0.2, 0.25) is 11.8 Å². The van der Waals surface area contributed by atoms with Crippen LogP contribution < -0.4 is 15.2 Å². The molecule has 0 amide bonds. The molecule has 0 radical (unpaired) electrons. The van der Waals surface area contributed by atoms with Gasteiger partial charge >= 0.3 is 0 Å². The van der Waals surface area contributed by atoms with Crippen molar-refractivity contribution in [2.45, 2.75) is 12.5 Å². The molecule has 4 aromatic rings. The van der Waals surface area contributed by atoms with Crippen molar-refractivity contribution in [3.63, 3.8) is 0 Å². The zero-order valence-electron chi connectivity index (χ0n) is 17.5. The van der Waals surface area contributed by atoms with Gasteiger partial charge in [0, 0.05) is 5.56 Å². The smallest absolute Gasteiger partial charge is 0.244 e. The molecule has 6 nitrogen and oxygen atoms in total. The van der Waals surface area contributed by atoms with Crippen LogP contribution in [0.1, 0.15) is 22.6 Å². The lowest BCUT2D eigenvalue weighted by Gasteiger charge is -2.24. The summed E-state index contributed by atoms with van der Waals surface area (Å²) < 4.78 is 25.3. The summed E-state index contributed by atoms with van der Waals surface area (Å²) in [5.74, 6) is 0.182. The number of fused-ring (bicyclic) bond motifs is 1. The molecule has 7 heteroatoms. The first kappa shape index (κ1) is 20.3. The number of allylic oxidation sites excluding steroid dienone is 1. The number of benzene rings is 3. The van der Waals surface area contributed by atoms with Crippen LogP contribution in [0.4, 0.5) is 4.39 Å². The minimum atomic E-state index is -0.465. The van der Waals surface area contributed by atoms with Gasteiger partial charge in [0.15, 0.2) is 0 Å². The minimum absolute atomic E-state index is 0.0287. The summed E-state index contributed by atoms with van der Waals surface area (Å²) in [5, 5.41) is 17.2. The fourth-order valence-electron chi connectivity index (χ4n) is 3.94. The second-order valence-corrected chi connectivity index (χ2v) is 7.56. The third kappa shape index (κ3) is 3.79. The Kier molecular flexibility index (Phi) is 5.25. The van der Waals surface area contributed by atoms with Gasteiger partial charge in [0.05, 0.1) is 17.2 Å². The van der Waals surface area contributed by atoms with Crippen LogP contribution in [0.15, 0.2) is 90.3 Å². The number of nitrogens with zero attached hydrogens (tertiary/aromatic N) is 2. The summed E-state index contributed by atoms with van der Waals surface area (Å²) in [5.41, 5.74) is 10.1. The number of aromatic amines is 1. The lowest BCUT2D eigenvalue weighted by atomic mass is 9.83. The molecule has 0 bridgehead atoms. The molecule has 1 aliphatic rings. The van der Waals surface area contributed by atoms with E-state index in [4.69, 9.17) is 15.2 Å². The van der Waals surface area contributed by atoms with Crippen molar-refractivity contribution in [2.75, 3.05) is 0 Å². The van der Waals surface area contributed by atoms with E-state index in [2.05, 4.69) is 16.3 Å². The van der Waals surface area contributed by atoms with Gasteiger partial charge in [-0.3, -0.25) is 5.10 Å². The summed E-state index contributed by atoms with van der Waals surface area (Å²) in [7, 11) is 0. The first-order valence-electron chi connectivity index (χ1n) is 10.3. The van der Waals surface area contributed by atoms with Crippen LogP contribution in [0.2, 0.25) is 0 Å². The summed E-state index contributed by atoms with van der Waals surface area (Å²) in [6.07, 6.45) is 0. The molecule has 5 rings (SSSR count). The molecule has 1 aromatic heterocycles. The van der Waals surface area contributed by atoms with E-state index in [0.29, 0.717) is 22.8 Å². The highest BCUT2D eigenvalue weighted by Gasteiger charge is 2.35. The predicted molar refractivity (Wildman–Crippen MR) is 120 cm³/mol. The molecule has 3 N–H and O–H groups in total. The summed E-state index contributed by atoms with van der Waals surface area (Å²) in [6, 6.07) is 25.7. The second kappa shape index (κ2) is 8.52. The molecule has 0 spiro atoms. The minimum Gasteiger partial charge on any atom is -0.489 e. The van der Waals surface area contributed by atoms with Crippen LogP contribution >= 0.6 is 0 Å². The molecular formula is C26H19FN4O2. The lowest BCUT2D eigenvalue weighted by Crippen LogP contribution is -2.21. The maximum atomic E-state index is 13.9. The van der Waals surface area contributed by atoms with E-state index in [-0.39, 0.29) is 18.3 Å². The van der Waals surface area contributed by atoms with Gasteiger partial charge in [-0.05, 0) is 29.3 Å². The van der Waals surface area contributed by atoms with Crippen LogP contribution in [0.5, 0.6) is 11.6 Å². The topological polar surface area (TPSA) is 97.0 Å². The van der Waals surface area contributed by atoms with Crippen LogP contribution in [-0.4, -0.2) is 10.2 Å². The molecule has 3 aromatic carbocycles. The Morgan fingerprint density at radius 2 is 1.76 bits per heavy atom. The molecule has 1 unspecified atom stereocenters. The fraction of sp³-hybridized carbons (Fsp3) is 0.0769. The number of hydrogen-bond acceptors (Lipinski definition) is 5. The number of rotatable bonds is 5. The van der Waals surface area contributed by atoms with Crippen LogP contribution in [-0.2, 0) is 6.61 Å². The van der Waals surface area contributed by atoms with Crippen molar-refractivity contribution in [3.05, 3.63) is 113 Å². The SMILES string of the molecule is N#CC1=C(N)Oc2n[nH]c(-c3ccccc3)c2C1c1ccc(OCc2ccccc2F)cc1. The number of nitrogens with two attached hydrogens (primary N) is 1. The Labute approximate surface area is 189 Å². The quantitative estimate of drug-likeness (QED) is 0.456. The predicted octanol–water partition coefficient (Wildman–Crippen LogP) is 5.01. The first-order valence-corrected chi connectivity index (χ1v) is 10.3. The largest absolute Gasteiger partial charge is 0.489 e. The van der Waals surface area contributed by atoms with E-state index in [1.54, 1.807) is 30.3 Å². The Morgan fingerprint density at radius 3 is 2.48 bits per heavy atom. The third-order valence-corrected chi connectivity index (χ3v) is 5.57. The van der Waals surface area contributed by atoms with Crippen LogP contribution in [0, 0.1) is 17.1 Å². The normalized spacial score (nSPS) is 14.8. The molecule has 1 atom stereocenters. The number of halogens is 1. The van der Waals surface area contributed by atoms with E-state index in [0.717, 1.165) is 22.4 Å². The molecule has 162 valence electrons. The monoisotopic (exact) mass is 438 g/mol. The summed E-state index contributed by atoms with van der Waals surface area (Å²) in [4.78, 5) is 0. The Morgan fingerprint density at radius 1 is 1.03 bits per heavy atom. The number of H-pyrrole nitrogens is 1. The maximum Gasteiger partial charge on any atom is 0.244 e. The van der Waals surface area contributed by atoms with Crippen LogP contribution in [0.25, 0.3) is 11.3 Å². The molecule has 0 saturated carbocycles. The number of nitriles is 1. The molecular weight excluding hydrogens is 419 g/mol. The lowest BCUT2D eigenvalue weighted by molar-refractivity contribution is 0.300. The van der Waals surface area contributed by atoms with Crippen molar-refractivity contribution >= 4 is 0 Å². The van der Waals surface area contributed by atoms with Gasteiger partial charge in [-0.2, -0.15) is 5.26 Å².